The van der Waals surface area contributed by atoms with Crippen molar-refractivity contribution in [2.75, 3.05) is 13.6 Å². The van der Waals surface area contributed by atoms with Gasteiger partial charge in [0.05, 0.1) is 11.4 Å². The van der Waals surface area contributed by atoms with E-state index >= 15 is 0 Å². The molecule has 0 saturated heterocycles. The second-order valence-corrected chi connectivity index (χ2v) is 6.87. The average Bonchev–Trinajstić information content (AvgIpc) is 2.47. The molecule has 0 heterocycles. The summed E-state index contributed by atoms with van der Waals surface area (Å²) in [7, 11) is -2.50. The molecule has 7 nitrogen and oxygen atoms in total. The molecule has 0 aliphatic carbocycles. The zero-order valence-electron chi connectivity index (χ0n) is 12.5. The van der Waals surface area contributed by atoms with Crippen LogP contribution in [-0.2, 0) is 19.6 Å². The van der Waals surface area contributed by atoms with E-state index in [1.807, 2.05) is 0 Å². The molecule has 1 amide bonds. The summed E-state index contributed by atoms with van der Waals surface area (Å²) in [6.45, 7) is 1.36. The van der Waals surface area contributed by atoms with Crippen LogP contribution in [0.5, 0.6) is 0 Å². The molecule has 0 aliphatic rings. The van der Waals surface area contributed by atoms with Crippen LogP contribution in [0.4, 0.5) is 0 Å². The Morgan fingerprint density at radius 1 is 1.27 bits per heavy atom. The fourth-order valence-corrected chi connectivity index (χ4v) is 2.99. The molecule has 0 aliphatic heterocycles. The zero-order valence-corrected chi connectivity index (χ0v) is 13.3. The van der Waals surface area contributed by atoms with Crippen molar-refractivity contribution in [1.29, 1.82) is 0 Å². The van der Waals surface area contributed by atoms with E-state index in [4.69, 9.17) is 5.11 Å². The summed E-state index contributed by atoms with van der Waals surface area (Å²) in [5.41, 5.74) is 0. The monoisotopic (exact) mass is 328 g/mol. The second-order valence-electron chi connectivity index (χ2n) is 4.82. The number of nitrogens with one attached hydrogen (secondary N) is 1. The van der Waals surface area contributed by atoms with Crippen LogP contribution in [0, 0.1) is 0 Å². The molecule has 0 spiro atoms. The van der Waals surface area contributed by atoms with E-state index < -0.39 is 34.5 Å². The molecular weight excluding hydrogens is 308 g/mol. The number of hydrogen-bond acceptors (Lipinski definition) is 4. The largest absolute Gasteiger partial charge is 0.480 e. The van der Waals surface area contributed by atoms with Gasteiger partial charge in [0.15, 0.2) is 0 Å². The van der Waals surface area contributed by atoms with E-state index in [0.717, 1.165) is 4.31 Å². The lowest BCUT2D eigenvalue weighted by Gasteiger charge is -2.19. The number of likely N-dealkylation sites (N-methyl/N-ethyl adjacent to an activating group) is 1. The first-order chi connectivity index (χ1) is 10.3. The third-order valence-corrected chi connectivity index (χ3v) is 4.85. The minimum absolute atomic E-state index is 0.0774. The minimum Gasteiger partial charge on any atom is -0.480 e. The number of hydrogen-bond donors (Lipinski definition) is 2. The predicted molar refractivity (Wildman–Crippen MR) is 80.7 cm³/mol. The highest BCUT2D eigenvalue weighted by Gasteiger charge is 2.25. The number of aliphatic carboxylic acids is 1. The Morgan fingerprint density at radius 3 is 2.36 bits per heavy atom. The number of rotatable bonds is 8. The molecule has 1 atom stereocenters. The maximum absolute atomic E-state index is 12.2. The number of carbonyl (C=O) groups excluding carboxylic acids is 1. The number of sulfonamides is 1. The highest BCUT2D eigenvalue weighted by atomic mass is 32.2. The van der Waals surface area contributed by atoms with Gasteiger partial charge in [0.1, 0.15) is 6.04 Å². The third-order valence-electron chi connectivity index (χ3n) is 3.03. The van der Waals surface area contributed by atoms with Crippen LogP contribution in [-0.4, -0.2) is 49.3 Å². The summed E-state index contributed by atoms with van der Waals surface area (Å²) >= 11 is 0. The highest BCUT2D eigenvalue weighted by Crippen LogP contribution is 2.13. The number of amides is 1. The van der Waals surface area contributed by atoms with Crippen molar-refractivity contribution in [1.82, 2.24) is 9.62 Å². The van der Waals surface area contributed by atoms with Gasteiger partial charge in [-0.05, 0) is 18.6 Å². The molecule has 1 unspecified atom stereocenters. The molecule has 8 heteroatoms. The number of carboxylic acid groups (broad SMARTS) is 1. The SMILES string of the molecule is CCCC(NC(=O)CN(C)S(=O)(=O)c1ccccc1)C(=O)O. The van der Waals surface area contributed by atoms with Crippen LogP contribution in [0.15, 0.2) is 35.2 Å². The van der Waals surface area contributed by atoms with E-state index in [9.17, 15) is 18.0 Å². The Kier molecular flexibility index (Phi) is 6.51. The van der Waals surface area contributed by atoms with Gasteiger partial charge >= 0.3 is 5.97 Å². The van der Waals surface area contributed by atoms with Crippen molar-refractivity contribution in [2.24, 2.45) is 0 Å². The molecule has 0 aromatic heterocycles. The van der Waals surface area contributed by atoms with Crippen LogP contribution in [0.3, 0.4) is 0 Å². The predicted octanol–water partition coefficient (Wildman–Crippen LogP) is 0.677. The number of benzene rings is 1. The van der Waals surface area contributed by atoms with Gasteiger partial charge in [-0.1, -0.05) is 31.5 Å². The fraction of sp³-hybridized carbons (Fsp3) is 0.429. The lowest BCUT2D eigenvalue weighted by Crippen LogP contribution is -2.45. The minimum atomic E-state index is -3.78. The summed E-state index contributed by atoms with van der Waals surface area (Å²) < 4.78 is 25.4. The van der Waals surface area contributed by atoms with E-state index in [1.54, 1.807) is 25.1 Å². The average molecular weight is 328 g/mol. The van der Waals surface area contributed by atoms with Gasteiger partial charge in [-0.25, -0.2) is 13.2 Å². The summed E-state index contributed by atoms with van der Waals surface area (Å²) in [5.74, 6) is -1.79. The van der Waals surface area contributed by atoms with E-state index in [-0.39, 0.29) is 11.3 Å². The second kappa shape index (κ2) is 7.90. The lowest BCUT2D eigenvalue weighted by molar-refractivity contribution is -0.142. The Morgan fingerprint density at radius 2 is 1.86 bits per heavy atom. The number of carboxylic acids is 1. The van der Waals surface area contributed by atoms with Crippen LogP contribution in [0.1, 0.15) is 19.8 Å². The Balaban J connectivity index is 2.73. The van der Waals surface area contributed by atoms with Gasteiger partial charge in [0.2, 0.25) is 15.9 Å². The molecule has 22 heavy (non-hydrogen) atoms. The summed E-state index contributed by atoms with van der Waals surface area (Å²) in [6, 6.07) is 6.71. The molecule has 1 aromatic rings. The highest BCUT2D eigenvalue weighted by molar-refractivity contribution is 7.89. The molecular formula is C14H20N2O5S. The maximum atomic E-state index is 12.2. The Labute approximate surface area is 130 Å². The van der Waals surface area contributed by atoms with E-state index in [2.05, 4.69) is 5.32 Å². The van der Waals surface area contributed by atoms with Gasteiger partial charge in [-0.2, -0.15) is 4.31 Å². The van der Waals surface area contributed by atoms with Gasteiger partial charge in [-0.3, -0.25) is 4.79 Å². The van der Waals surface area contributed by atoms with Crippen molar-refractivity contribution in [3.05, 3.63) is 30.3 Å². The van der Waals surface area contributed by atoms with Crippen molar-refractivity contribution in [3.8, 4) is 0 Å². The van der Waals surface area contributed by atoms with Crippen molar-refractivity contribution in [2.45, 2.75) is 30.7 Å². The van der Waals surface area contributed by atoms with Gasteiger partial charge < -0.3 is 10.4 Å². The summed E-state index contributed by atoms with van der Waals surface area (Å²) in [5, 5.41) is 11.3. The van der Waals surface area contributed by atoms with Gasteiger partial charge in [0, 0.05) is 7.05 Å². The first kappa shape index (κ1) is 18.1. The van der Waals surface area contributed by atoms with Gasteiger partial charge in [0.25, 0.3) is 0 Å². The lowest BCUT2D eigenvalue weighted by atomic mass is 10.2. The maximum Gasteiger partial charge on any atom is 0.326 e. The van der Waals surface area contributed by atoms with E-state index in [1.165, 1.54) is 19.2 Å². The molecule has 0 saturated carbocycles. The standard InChI is InChI=1S/C14H20N2O5S/c1-3-7-12(14(18)19)15-13(17)10-16(2)22(20,21)11-8-5-4-6-9-11/h4-6,8-9,12H,3,7,10H2,1-2H3,(H,15,17)(H,18,19). The van der Waals surface area contributed by atoms with Crippen LogP contribution in [0.25, 0.3) is 0 Å². The fourth-order valence-electron chi connectivity index (χ4n) is 1.85. The van der Waals surface area contributed by atoms with E-state index in [0.29, 0.717) is 6.42 Å². The van der Waals surface area contributed by atoms with Crippen LogP contribution >= 0.6 is 0 Å². The molecule has 0 bridgehead atoms. The van der Waals surface area contributed by atoms with Crippen molar-refractivity contribution < 1.29 is 23.1 Å². The molecule has 1 aromatic carbocycles. The van der Waals surface area contributed by atoms with Crippen LogP contribution < -0.4 is 5.32 Å². The molecule has 0 fully saturated rings. The molecule has 0 radical (unpaired) electrons. The number of nitrogens with zero attached hydrogens (tertiary/aromatic N) is 1. The summed E-state index contributed by atoms with van der Waals surface area (Å²) in [6.07, 6.45) is 0.881. The Bertz CT molecular complexity index is 615. The summed E-state index contributed by atoms with van der Waals surface area (Å²) in [4.78, 5) is 22.9. The third kappa shape index (κ3) is 4.81. The molecule has 2 N–H and O–H groups in total. The zero-order chi connectivity index (χ0) is 16.8. The van der Waals surface area contributed by atoms with Gasteiger partial charge in [-0.15, -0.1) is 0 Å². The first-order valence-corrected chi connectivity index (χ1v) is 8.26. The van der Waals surface area contributed by atoms with Crippen LogP contribution in [0.2, 0.25) is 0 Å². The smallest absolute Gasteiger partial charge is 0.326 e. The quantitative estimate of drug-likeness (QED) is 0.730. The Hall–Kier alpha value is -1.93. The topological polar surface area (TPSA) is 104 Å². The molecule has 1 rings (SSSR count). The number of carbonyl (C=O) groups is 2. The normalized spacial score (nSPS) is 12.9. The molecule has 122 valence electrons. The first-order valence-electron chi connectivity index (χ1n) is 6.82. The van der Waals surface area contributed by atoms with Crippen molar-refractivity contribution in [3.63, 3.8) is 0 Å². The van der Waals surface area contributed by atoms with Crippen molar-refractivity contribution >= 4 is 21.9 Å².